The number of halogens is 1. The fraction of sp³-hybridized carbons (Fsp3) is 0.231. The van der Waals surface area contributed by atoms with Gasteiger partial charge in [-0.15, -0.1) is 0 Å². The number of carboxylic acids is 1. The summed E-state index contributed by atoms with van der Waals surface area (Å²) < 4.78 is 6.63. The number of allylic oxidation sites excluding steroid dienone is 1. The molecule has 1 atom stereocenters. The highest BCUT2D eigenvalue weighted by Crippen LogP contribution is 2.44. The van der Waals surface area contributed by atoms with E-state index in [0.29, 0.717) is 24.1 Å². The summed E-state index contributed by atoms with van der Waals surface area (Å²) in [6.07, 6.45) is 2.22. The van der Waals surface area contributed by atoms with Gasteiger partial charge < -0.3 is 14.9 Å². The maximum Gasteiger partial charge on any atom is 0.412 e. The van der Waals surface area contributed by atoms with E-state index < -0.39 is 23.6 Å². The second-order valence-electron chi connectivity index (χ2n) is 8.41. The minimum absolute atomic E-state index is 0.00955. The summed E-state index contributed by atoms with van der Waals surface area (Å²) in [5, 5.41) is 24.1. The Morgan fingerprint density at radius 1 is 1.12 bits per heavy atom. The molecule has 3 aromatic carbocycles. The van der Waals surface area contributed by atoms with Gasteiger partial charge in [0.25, 0.3) is 0 Å². The minimum atomic E-state index is -1.01. The van der Waals surface area contributed by atoms with Crippen LogP contribution >= 0.6 is 15.9 Å². The summed E-state index contributed by atoms with van der Waals surface area (Å²) in [6.45, 7) is 3.83. The Bertz CT molecular complexity index is 1180. The van der Waals surface area contributed by atoms with E-state index in [0.717, 1.165) is 21.3 Å². The zero-order valence-corrected chi connectivity index (χ0v) is 20.0. The van der Waals surface area contributed by atoms with Gasteiger partial charge >= 0.3 is 12.1 Å². The number of nitrogens with one attached hydrogen (secondary N) is 1. The van der Waals surface area contributed by atoms with Gasteiger partial charge in [0.2, 0.25) is 0 Å². The summed E-state index contributed by atoms with van der Waals surface area (Å²) in [4.78, 5) is 23.8. The van der Waals surface area contributed by atoms with Crippen molar-refractivity contribution >= 4 is 44.5 Å². The number of hydrogen-bond acceptors (Lipinski definition) is 4. The number of aromatic hydroxyl groups is 1. The number of carbonyl (C=O) groups excluding carboxylic acids is 1. The zero-order chi connectivity index (χ0) is 24.0. The first kappa shape index (κ1) is 24.3. The molecule has 0 saturated carbocycles. The quantitative estimate of drug-likeness (QED) is 0.281. The lowest BCUT2D eigenvalue weighted by atomic mass is 9.78. The molecular weight excluding hydrogens is 486 g/mol. The number of phenols is 1. The molecule has 3 N–H and O–H groups in total. The van der Waals surface area contributed by atoms with Gasteiger partial charge in [-0.05, 0) is 42.5 Å². The van der Waals surface area contributed by atoms with Gasteiger partial charge in [-0.2, -0.15) is 0 Å². The molecule has 0 bridgehead atoms. The fourth-order valence-corrected chi connectivity index (χ4v) is 4.11. The van der Waals surface area contributed by atoms with Crippen molar-refractivity contribution in [3.63, 3.8) is 0 Å². The largest absolute Gasteiger partial charge is 0.508 e. The SMILES string of the molecule is CC(C)(CC/C=C/C(=O)O)[C@H](OC(=O)Nc1cccc2ccccc12)c1cc(Br)ccc1O. The van der Waals surface area contributed by atoms with Crippen LogP contribution in [0, 0.1) is 5.41 Å². The van der Waals surface area contributed by atoms with Gasteiger partial charge in [0.05, 0.1) is 5.69 Å². The van der Waals surface area contributed by atoms with Crippen LogP contribution in [-0.4, -0.2) is 22.3 Å². The number of rotatable bonds is 8. The summed E-state index contributed by atoms with van der Waals surface area (Å²) in [6, 6.07) is 18.3. The van der Waals surface area contributed by atoms with Crippen LogP contribution < -0.4 is 5.32 Å². The number of ether oxygens (including phenoxy) is 1. The number of anilines is 1. The molecule has 0 spiro atoms. The molecule has 3 rings (SSSR count). The smallest absolute Gasteiger partial charge is 0.412 e. The third-order valence-corrected chi connectivity index (χ3v) is 5.94. The van der Waals surface area contributed by atoms with E-state index in [9.17, 15) is 14.7 Å². The first-order chi connectivity index (χ1) is 15.7. The van der Waals surface area contributed by atoms with E-state index in [1.54, 1.807) is 30.3 Å². The Hall–Kier alpha value is -3.32. The molecule has 172 valence electrons. The Kier molecular flexibility index (Phi) is 7.76. The van der Waals surface area contributed by atoms with Gasteiger partial charge in [-0.3, -0.25) is 5.32 Å². The van der Waals surface area contributed by atoms with Crippen LogP contribution in [-0.2, 0) is 9.53 Å². The highest BCUT2D eigenvalue weighted by Gasteiger charge is 2.35. The van der Waals surface area contributed by atoms with Gasteiger partial charge in [-0.25, -0.2) is 9.59 Å². The first-order valence-electron chi connectivity index (χ1n) is 10.5. The molecule has 0 fully saturated rings. The van der Waals surface area contributed by atoms with Gasteiger partial charge in [-0.1, -0.05) is 72.3 Å². The summed E-state index contributed by atoms with van der Waals surface area (Å²) in [5.74, 6) is -1.00. The molecule has 1 amide bonds. The van der Waals surface area contributed by atoms with Crippen molar-refractivity contribution in [2.75, 3.05) is 5.32 Å². The molecule has 0 aromatic heterocycles. The fourth-order valence-electron chi connectivity index (χ4n) is 3.73. The van der Waals surface area contributed by atoms with Gasteiger partial charge in [0.1, 0.15) is 11.9 Å². The van der Waals surface area contributed by atoms with E-state index in [1.807, 2.05) is 50.2 Å². The lowest BCUT2D eigenvalue weighted by molar-refractivity contribution is -0.131. The molecule has 33 heavy (non-hydrogen) atoms. The second kappa shape index (κ2) is 10.5. The Labute approximate surface area is 201 Å². The molecule has 0 aliphatic heterocycles. The molecule has 0 saturated heterocycles. The van der Waals surface area contributed by atoms with Crippen molar-refractivity contribution in [1.29, 1.82) is 0 Å². The second-order valence-corrected chi connectivity index (χ2v) is 9.32. The van der Waals surface area contributed by atoms with E-state index in [2.05, 4.69) is 21.2 Å². The van der Waals surface area contributed by atoms with Crippen LogP contribution in [0.1, 0.15) is 38.4 Å². The topological polar surface area (TPSA) is 95.9 Å². The van der Waals surface area contributed by atoms with E-state index in [-0.39, 0.29) is 5.75 Å². The molecule has 0 radical (unpaired) electrons. The average molecular weight is 512 g/mol. The molecule has 3 aromatic rings. The predicted octanol–water partition coefficient (Wildman–Crippen LogP) is 7.04. The number of carboxylic acid groups (broad SMARTS) is 1. The van der Waals surface area contributed by atoms with Gasteiger partial charge in [0.15, 0.2) is 0 Å². The molecular formula is C26H26BrNO5. The van der Waals surface area contributed by atoms with E-state index in [4.69, 9.17) is 9.84 Å². The number of phenolic OH excluding ortho intramolecular Hbond substituents is 1. The normalized spacial score (nSPS) is 12.6. The molecule has 6 nitrogen and oxygen atoms in total. The number of amides is 1. The molecule has 0 aliphatic carbocycles. The van der Waals surface area contributed by atoms with Gasteiger partial charge in [0, 0.05) is 26.9 Å². The highest BCUT2D eigenvalue weighted by atomic mass is 79.9. The van der Waals surface area contributed by atoms with Crippen LogP contribution in [0.2, 0.25) is 0 Å². The maximum atomic E-state index is 13.0. The lowest BCUT2D eigenvalue weighted by Gasteiger charge is -2.34. The number of carbonyl (C=O) groups is 2. The Balaban J connectivity index is 1.88. The van der Waals surface area contributed by atoms with Crippen LogP contribution in [0.25, 0.3) is 10.8 Å². The van der Waals surface area contributed by atoms with Crippen molar-refractivity contribution in [2.45, 2.75) is 32.8 Å². The summed E-state index contributed by atoms with van der Waals surface area (Å²) in [5.41, 5.74) is 0.471. The lowest BCUT2D eigenvalue weighted by Crippen LogP contribution is -2.29. The minimum Gasteiger partial charge on any atom is -0.508 e. The van der Waals surface area contributed by atoms with Crippen LogP contribution in [0.15, 0.2) is 77.3 Å². The van der Waals surface area contributed by atoms with Crippen LogP contribution in [0.4, 0.5) is 10.5 Å². The molecule has 7 heteroatoms. The molecule has 0 aliphatic rings. The number of aliphatic carboxylic acids is 1. The van der Waals surface area contributed by atoms with E-state index >= 15 is 0 Å². The average Bonchev–Trinajstić information content (AvgIpc) is 2.77. The van der Waals surface area contributed by atoms with Crippen molar-refractivity contribution < 1.29 is 24.5 Å². The molecule has 0 heterocycles. The van der Waals surface area contributed by atoms with Crippen molar-refractivity contribution in [2.24, 2.45) is 5.41 Å². The first-order valence-corrected chi connectivity index (χ1v) is 11.3. The number of hydrogen-bond donors (Lipinski definition) is 3. The van der Waals surface area contributed by atoms with Crippen molar-refractivity contribution in [3.05, 3.63) is 82.9 Å². The summed E-state index contributed by atoms with van der Waals surface area (Å²) in [7, 11) is 0. The number of benzene rings is 3. The van der Waals surface area contributed by atoms with E-state index in [1.165, 1.54) is 0 Å². The highest BCUT2D eigenvalue weighted by molar-refractivity contribution is 9.10. The predicted molar refractivity (Wildman–Crippen MR) is 132 cm³/mol. The number of fused-ring (bicyclic) bond motifs is 1. The monoisotopic (exact) mass is 511 g/mol. The third kappa shape index (κ3) is 6.35. The maximum absolute atomic E-state index is 13.0. The van der Waals surface area contributed by atoms with Crippen LogP contribution in [0.5, 0.6) is 5.75 Å². The molecule has 0 unspecified atom stereocenters. The van der Waals surface area contributed by atoms with Crippen LogP contribution in [0.3, 0.4) is 0 Å². The van der Waals surface area contributed by atoms with Crippen molar-refractivity contribution in [1.82, 2.24) is 0 Å². The summed E-state index contributed by atoms with van der Waals surface area (Å²) >= 11 is 3.41. The zero-order valence-electron chi connectivity index (χ0n) is 18.4. The standard InChI is InChI=1S/C26H26BrNO5/c1-26(2,15-6-5-12-23(30)31)24(20-16-18(27)13-14-22(20)29)33-25(32)28-21-11-7-9-17-8-3-4-10-19(17)21/h3-5,7-14,16,24,29H,6,15H2,1-2H3,(H,28,32)(H,30,31)/b12-5+/t24-/m1/s1. The Morgan fingerprint density at radius 2 is 1.85 bits per heavy atom. The van der Waals surface area contributed by atoms with Crippen molar-refractivity contribution in [3.8, 4) is 5.75 Å². The Morgan fingerprint density at radius 3 is 2.61 bits per heavy atom. The third-order valence-electron chi connectivity index (χ3n) is 5.45.